The lowest BCUT2D eigenvalue weighted by Crippen LogP contribution is -2.73. The Morgan fingerprint density at radius 2 is 1.78 bits per heavy atom. The molecule has 1 spiro atoms. The highest BCUT2D eigenvalue weighted by molar-refractivity contribution is 6.30. The first-order valence-electron chi connectivity index (χ1n) is 11.9. The summed E-state index contributed by atoms with van der Waals surface area (Å²) in [6, 6.07) is 9.56. The highest BCUT2D eigenvalue weighted by atomic mass is 16.6. The summed E-state index contributed by atoms with van der Waals surface area (Å²) in [7, 11) is 1.51. The molecule has 36 heavy (non-hydrogen) atoms. The maximum Gasteiger partial charge on any atom is 0.335 e. The van der Waals surface area contributed by atoms with Crippen molar-refractivity contribution in [1.82, 2.24) is 5.32 Å². The number of nitro groups is 1. The molecule has 2 aromatic carbocycles. The monoisotopic (exact) mass is 494 g/mol. The lowest BCUT2D eigenvalue weighted by Gasteiger charge is -2.53. The summed E-state index contributed by atoms with van der Waals surface area (Å²) in [6.07, 6.45) is -0.0634. The first-order chi connectivity index (χ1) is 17.0. The van der Waals surface area contributed by atoms with Gasteiger partial charge in [0, 0.05) is 30.8 Å². The molecule has 1 saturated heterocycles. The number of carbonyl (C=O) groups excluding carboxylic acids is 3. The highest BCUT2D eigenvalue weighted by Gasteiger charge is 2.63. The molecule has 4 rings (SSSR count). The van der Waals surface area contributed by atoms with Gasteiger partial charge in [-0.1, -0.05) is 27.7 Å². The van der Waals surface area contributed by atoms with E-state index in [-0.39, 0.29) is 23.9 Å². The summed E-state index contributed by atoms with van der Waals surface area (Å²) in [6.45, 7) is 8.45. The number of fused-ring (bicyclic) bond motifs is 1. The minimum atomic E-state index is -1.67. The Morgan fingerprint density at radius 1 is 1.11 bits per heavy atom. The van der Waals surface area contributed by atoms with Crippen molar-refractivity contribution in [1.29, 1.82) is 0 Å². The van der Waals surface area contributed by atoms with E-state index in [0.29, 0.717) is 23.5 Å². The molecule has 0 saturated carbocycles. The van der Waals surface area contributed by atoms with Gasteiger partial charge in [0.25, 0.3) is 11.6 Å². The number of nitrogens with zero attached hydrogens (tertiary/aromatic N) is 3. The Hall–Kier alpha value is -3.95. The third kappa shape index (κ3) is 3.96. The van der Waals surface area contributed by atoms with E-state index in [1.54, 1.807) is 30.3 Å². The van der Waals surface area contributed by atoms with E-state index in [9.17, 15) is 24.5 Å². The average molecular weight is 495 g/mol. The quantitative estimate of drug-likeness (QED) is 0.367. The highest BCUT2D eigenvalue weighted by Crippen LogP contribution is 2.48. The normalized spacial score (nSPS) is 21.8. The van der Waals surface area contributed by atoms with Crippen LogP contribution in [0.15, 0.2) is 42.5 Å². The van der Waals surface area contributed by atoms with Crippen LogP contribution in [-0.2, 0) is 16.0 Å². The topological polar surface area (TPSA) is 122 Å². The zero-order valence-electron chi connectivity index (χ0n) is 21.0. The lowest BCUT2D eigenvalue weighted by molar-refractivity contribution is -0.384. The average Bonchev–Trinajstić information content (AvgIpc) is 2.82. The number of urea groups is 1. The predicted octanol–water partition coefficient (Wildman–Crippen LogP) is 3.92. The standard InChI is InChI=1S/C26H30N4O6/c1-15(2)14-28-21-11-8-19(30(34)35)12-17(21)13-26(22(28)16(3)4)23(31)27-25(33)29(24(26)32)18-6-9-20(36-5)10-7-18/h6-12,15-16,22H,13-14H2,1-5H3,(H,27,31,33)/t22-,26+/m1/s1. The first kappa shape index (κ1) is 25.2. The number of benzene rings is 2. The van der Waals surface area contributed by atoms with Crippen molar-refractivity contribution in [2.75, 3.05) is 23.5 Å². The van der Waals surface area contributed by atoms with E-state index in [1.165, 1.54) is 19.2 Å². The number of carbonyl (C=O) groups is 3. The Balaban J connectivity index is 1.93. The molecule has 0 bridgehead atoms. The zero-order valence-corrected chi connectivity index (χ0v) is 21.0. The third-order valence-electron chi connectivity index (χ3n) is 6.83. The number of barbiturate groups is 1. The van der Waals surface area contributed by atoms with Crippen LogP contribution in [0.3, 0.4) is 0 Å². The molecule has 10 nitrogen and oxygen atoms in total. The summed E-state index contributed by atoms with van der Waals surface area (Å²) < 4.78 is 5.19. The van der Waals surface area contributed by atoms with Crippen molar-refractivity contribution in [2.45, 2.75) is 40.2 Å². The third-order valence-corrected chi connectivity index (χ3v) is 6.83. The molecule has 1 fully saturated rings. The van der Waals surface area contributed by atoms with E-state index in [0.717, 1.165) is 10.6 Å². The van der Waals surface area contributed by atoms with Crippen LogP contribution in [-0.4, -0.2) is 42.5 Å². The SMILES string of the molecule is COc1ccc(N2C(=O)NC(=O)[C@@]3(Cc4cc([N+](=O)[O-])ccc4N(CC(C)C)[C@@H]3C(C)C)C2=O)cc1. The summed E-state index contributed by atoms with van der Waals surface area (Å²) in [4.78, 5) is 55.0. The van der Waals surface area contributed by atoms with Crippen molar-refractivity contribution >= 4 is 34.9 Å². The minimum absolute atomic E-state index is 0.0634. The van der Waals surface area contributed by atoms with Crippen molar-refractivity contribution < 1.29 is 24.0 Å². The summed E-state index contributed by atoms with van der Waals surface area (Å²) in [5, 5.41) is 13.9. The maximum absolute atomic E-state index is 14.3. The van der Waals surface area contributed by atoms with Crippen LogP contribution in [0, 0.1) is 27.4 Å². The van der Waals surface area contributed by atoms with Crippen molar-refractivity contribution in [3.05, 3.63) is 58.1 Å². The molecule has 2 aromatic rings. The van der Waals surface area contributed by atoms with Gasteiger partial charge < -0.3 is 9.64 Å². The number of nitrogens with one attached hydrogen (secondary N) is 1. The molecule has 4 amide bonds. The van der Waals surface area contributed by atoms with Gasteiger partial charge in [0.2, 0.25) is 5.91 Å². The number of hydrogen-bond donors (Lipinski definition) is 1. The molecular weight excluding hydrogens is 464 g/mol. The smallest absolute Gasteiger partial charge is 0.335 e. The second-order valence-corrected chi connectivity index (χ2v) is 10.1. The number of amides is 4. The van der Waals surface area contributed by atoms with Crippen LogP contribution >= 0.6 is 0 Å². The molecule has 2 heterocycles. The van der Waals surface area contributed by atoms with E-state index in [1.807, 2.05) is 32.6 Å². The molecule has 1 N–H and O–H groups in total. The molecule has 10 heteroatoms. The number of non-ortho nitro benzene ring substituents is 1. The van der Waals surface area contributed by atoms with Gasteiger partial charge in [-0.15, -0.1) is 0 Å². The fraction of sp³-hybridized carbons (Fsp3) is 0.423. The van der Waals surface area contributed by atoms with Gasteiger partial charge >= 0.3 is 6.03 Å². The largest absolute Gasteiger partial charge is 0.497 e. The van der Waals surface area contributed by atoms with E-state index in [2.05, 4.69) is 5.32 Å². The van der Waals surface area contributed by atoms with Gasteiger partial charge in [-0.2, -0.15) is 0 Å². The maximum atomic E-state index is 14.3. The van der Waals surface area contributed by atoms with Crippen LogP contribution in [0.5, 0.6) is 5.75 Å². The molecule has 2 atom stereocenters. The van der Waals surface area contributed by atoms with Gasteiger partial charge in [0.15, 0.2) is 5.41 Å². The first-order valence-corrected chi connectivity index (χ1v) is 11.9. The molecule has 0 radical (unpaired) electrons. The Bertz CT molecular complexity index is 1230. The Morgan fingerprint density at radius 3 is 2.33 bits per heavy atom. The zero-order chi connectivity index (χ0) is 26.4. The van der Waals surface area contributed by atoms with Gasteiger partial charge in [-0.05, 0) is 47.7 Å². The van der Waals surface area contributed by atoms with Crippen LogP contribution in [0.25, 0.3) is 0 Å². The van der Waals surface area contributed by atoms with Gasteiger partial charge in [-0.25, -0.2) is 9.69 Å². The number of methoxy groups -OCH3 is 1. The summed E-state index contributed by atoms with van der Waals surface area (Å²) in [5.74, 6) is -0.771. The molecular formula is C26H30N4O6. The number of ether oxygens (including phenoxy) is 1. The number of nitro benzene ring substituents is 1. The van der Waals surface area contributed by atoms with Gasteiger partial charge in [0.05, 0.1) is 23.8 Å². The van der Waals surface area contributed by atoms with E-state index >= 15 is 0 Å². The van der Waals surface area contributed by atoms with E-state index < -0.39 is 34.2 Å². The summed E-state index contributed by atoms with van der Waals surface area (Å²) >= 11 is 0. The molecule has 0 aromatic heterocycles. The Kier molecular flexibility index (Phi) is 6.46. The van der Waals surface area contributed by atoms with Crippen LogP contribution in [0.4, 0.5) is 21.9 Å². The molecule has 0 unspecified atom stereocenters. The molecule has 190 valence electrons. The second-order valence-electron chi connectivity index (χ2n) is 10.1. The number of imide groups is 2. The van der Waals surface area contributed by atoms with Gasteiger partial charge in [-0.3, -0.25) is 25.0 Å². The number of hydrogen-bond acceptors (Lipinski definition) is 7. The van der Waals surface area contributed by atoms with Crippen molar-refractivity contribution in [3.63, 3.8) is 0 Å². The minimum Gasteiger partial charge on any atom is -0.497 e. The summed E-state index contributed by atoms with van der Waals surface area (Å²) in [5.41, 5.74) is -0.212. The van der Waals surface area contributed by atoms with E-state index in [4.69, 9.17) is 4.74 Å². The van der Waals surface area contributed by atoms with Gasteiger partial charge in [0.1, 0.15) is 5.75 Å². The number of rotatable bonds is 6. The number of anilines is 2. The fourth-order valence-electron chi connectivity index (χ4n) is 5.50. The molecule has 0 aliphatic carbocycles. The van der Waals surface area contributed by atoms with Crippen molar-refractivity contribution in [3.8, 4) is 5.75 Å². The molecule has 2 aliphatic rings. The van der Waals surface area contributed by atoms with Crippen LogP contribution in [0.1, 0.15) is 33.3 Å². The van der Waals surface area contributed by atoms with Crippen LogP contribution < -0.4 is 19.9 Å². The Labute approximate surface area is 209 Å². The van der Waals surface area contributed by atoms with Crippen molar-refractivity contribution in [2.24, 2.45) is 17.3 Å². The van der Waals surface area contributed by atoms with Crippen LogP contribution in [0.2, 0.25) is 0 Å². The second kappa shape index (κ2) is 9.25. The molecule has 2 aliphatic heterocycles. The fourth-order valence-corrected chi connectivity index (χ4v) is 5.50. The lowest BCUT2D eigenvalue weighted by atomic mass is 9.65. The predicted molar refractivity (Wildman–Crippen MR) is 134 cm³/mol.